The largest absolute Gasteiger partial charge is 0.497 e. The number of hydrogen-bond donors (Lipinski definition) is 1. The molecule has 154 valence electrons. The van der Waals surface area contributed by atoms with Crippen molar-refractivity contribution in [2.75, 3.05) is 32.6 Å². The van der Waals surface area contributed by atoms with Crippen LogP contribution in [0.4, 0.5) is 5.82 Å². The number of hydrogen-bond acceptors (Lipinski definition) is 6. The average Bonchev–Trinajstić information content (AvgIpc) is 2.74. The first-order chi connectivity index (χ1) is 13.9. The summed E-state index contributed by atoms with van der Waals surface area (Å²) in [6.45, 7) is 1.55. The molecule has 0 bridgehead atoms. The maximum atomic E-state index is 12.3. The Labute approximate surface area is 169 Å². The van der Waals surface area contributed by atoms with Gasteiger partial charge in [-0.3, -0.25) is 18.8 Å². The summed E-state index contributed by atoms with van der Waals surface area (Å²) >= 11 is 0. The van der Waals surface area contributed by atoms with Crippen molar-refractivity contribution in [1.29, 1.82) is 5.26 Å². The minimum absolute atomic E-state index is 0.0419. The van der Waals surface area contributed by atoms with Gasteiger partial charge >= 0.3 is 5.69 Å². The highest BCUT2D eigenvalue weighted by Gasteiger charge is 2.31. The van der Waals surface area contributed by atoms with Crippen molar-refractivity contribution in [3.63, 3.8) is 0 Å². The zero-order chi connectivity index (χ0) is 21.1. The molecule has 3 rings (SSSR count). The van der Waals surface area contributed by atoms with E-state index in [1.54, 1.807) is 14.2 Å². The summed E-state index contributed by atoms with van der Waals surface area (Å²) in [5, 5.41) is 12.7. The third-order valence-corrected chi connectivity index (χ3v) is 5.77. The van der Waals surface area contributed by atoms with Crippen LogP contribution >= 0.6 is 0 Å². The third-order valence-electron chi connectivity index (χ3n) is 5.77. The number of piperidine rings is 1. The van der Waals surface area contributed by atoms with Gasteiger partial charge in [-0.1, -0.05) is 12.1 Å². The molecule has 0 saturated carbocycles. The Balaban J connectivity index is 1.90. The van der Waals surface area contributed by atoms with Crippen LogP contribution in [-0.4, -0.2) is 41.3 Å². The zero-order valence-corrected chi connectivity index (χ0v) is 17.3. The minimum atomic E-state index is -0.578. The van der Waals surface area contributed by atoms with Gasteiger partial charge in [0.2, 0.25) is 0 Å². The molecule has 2 atom stereocenters. The molecule has 0 radical (unpaired) electrons. The number of benzene rings is 1. The van der Waals surface area contributed by atoms with Gasteiger partial charge in [0.05, 0.1) is 7.11 Å². The molecule has 2 heterocycles. The Morgan fingerprint density at radius 1 is 1.17 bits per heavy atom. The van der Waals surface area contributed by atoms with Gasteiger partial charge in [-0.2, -0.15) is 5.26 Å². The number of ether oxygens (including phenoxy) is 1. The van der Waals surface area contributed by atoms with Gasteiger partial charge in [-0.25, -0.2) is 4.79 Å². The lowest BCUT2D eigenvalue weighted by Crippen LogP contribution is -2.42. The molecular weight excluding hydrogens is 370 g/mol. The Hall–Kier alpha value is -3.05. The first-order valence-corrected chi connectivity index (χ1v) is 9.67. The number of likely N-dealkylation sites (tertiary alicyclic amines) is 1. The van der Waals surface area contributed by atoms with Gasteiger partial charge in [0.25, 0.3) is 5.56 Å². The van der Waals surface area contributed by atoms with E-state index in [1.807, 2.05) is 18.2 Å². The predicted octanol–water partition coefficient (Wildman–Crippen LogP) is 1.46. The van der Waals surface area contributed by atoms with E-state index in [0.29, 0.717) is 6.54 Å². The monoisotopic (exact) mass is 397 g/mol. The summed E-state index contributed by atoms with van der Waals surface area (Å²) < 4.78 is 7.55. The number of methoxy groups -OCH3 is 1. The van der Waals surface area contributed by atoms with Crippen LogP contribution in [-0.2, 0) is 14.1 Å². The maximum Gasteiger partial charge on any atom is 0.332 e. The van der Waals surface area contributed by atoms with E-state index in [4.69, 9.17) is 4.74 Å². The molecule has 8 heteroatoms. The third kappa shape index (κ3) is 3.91. The summed E-state index contributed by atoms with van der Waals surface area (Å²) in [4.78, 5) is 26.9. The fraction of sp³-hybridized carbons (Fsp3) is 0.476. The number of rotatable bonds is 5. The Bertz CT molecular complexity index is 1030. The normalized spacial score (nSPS) is 19.6. The van der Waals surface area contributed by atoms with Crippen molar-refractivity contribution in [2.24, 2.45) is 20.0 Å². The minimum Gasteiger partial charge on any atom is -0.497 e. The molecule has 1 aliphatic rings. The number of nitrogens with zero attached hydrogens (tertiary/aromatic N) is 4. The quantitative estimate of drug-likeness (QED) is 0.821. The Morgan fingerprint density at radius 3 is 2.48 bits per heavy atom. The summed E-state index contributed by atoms with van der Waals surface area (Å²) in [6, 6.07) is 10.2. The fourth-order valence-electron chi connectivity index (χ4n) is 4.18. The molecule has 1 aromatic heterocycles. The standard InChI is InChI=1S/C21H27N5O3/c1-24-11-5-6-15(18(24)14-7-9-16(29-4)10-8-14)13-23-19-17(12-22)20(27)26(3)21(28)25(19)2/h7-10,15,18,23H,5-6,11,13H2,1-4H3. The predicted molar refractivity (Wildman–Crippen MR) is 111 cm³/mol. The number of nitrogens with one attached hydrogen (secondary N) is 1. The first kappa shape index (κ1) is 20.7. The van der Waals surface area contributed by atoms with Crippen LogP contribution in [0.3, 0.4) is 0 Å². The lowest BCUT2D eigenvalue weighted by atomic mass is 9.85. The van der Waals surface area contributed by atoms with Crippen LogP contribution in [0.25, 0.3) is 0 Å². The van der Waals surface area contributed by atoms with Crippen molar-refractivity contribution in [3.05, 3.63) is 56.2 Å². The van der Waals surface area contributed by atoms with Crippen LogP contribution in [0.15, 0.2) is 33.9 Å². The van der Waals surface area contributed by atoms with Gasteiger partial charge in [0, 0.05) is 26.7 Å². The van der Waals surface area contributed by atoms with E-state index >= 15 is 0 Å². The summed E-state index contributed by atoms with van der Waals surface area (Å²) in [5.74, 6) is 1.35. The summed E-state index contributed by atoms with van der Waals surface area (Å²) in [5.41, 5.74) is 0.118. The topological polar surface area (TPSA) is 92.3 Å². The molecular formula is C21H27N5O3. The second kappa shape index (κ2) is 8.53. The van der Waals surface area contributed by atoms with Gasteiger partial charge in [-0.05, 0) is 50.0 Å². The molecule has 1 saturated heterocycles. The Kier molecular flexibility index (Phi) is 6.09. The first-order valence-electron chi connectivity index (χ1n) is 9.67. The fourth-order valence-corrected chi connectivity index (χ4v) is 4.18. The summed E-state index contributed by atoms with van der Waals surface area (Å²) in [7, 11) is 6.70. The molecule has 1 aromatic carbocycles. The lowest BCUT2D eigenvalue weighted by molar-refractivity contribution is 0.127. The van der Waals surface area contributed by atoms with Crippen LogP contribution in [0.5, 0.6) is 5.75 Å². The van der Waals surface area contributed by atoms with Crippen molar-refractivity contribution in [3.8, 4) is 11.8 Å². The SMILES string of the molecule is COc1ccc(C2C(CNc3c(C#N)c(=O)n(C)c(=O)n3C)CCCN2C)cc1. The van der Waals surface area contributed by atoms with Crippen LogP contribution in [0, 0.1) is 17.2 Å². The van der Waals surface area contributed by atoms with E-state index in [-0.39, 0.29) is 23.3 Å². The molecule has 2 unspecified atom stereocenters. The van der Waals surface area contributed by atoms with Crippen LogP contribution in [0.1, 0.15) is 30.0 Å². The molecule has 29 heavy (non-hydrogen) atoms. The number of aromatic nitrogens is 2. The Morgan fingerprint density at radius 2 is 1.86 bits per heavy atom. The van der Waals surface area contributed by atoms with E-state index < -0.39 is 11.2 Å². The van der Waals surface area contributed by atoms with Gasteiger partial charge in [0.15, 0.2) is 5.56 Å². The van der Waals surface area contributed by atoms with Crippen molar-refractivity contribution >= 4 is 5.82 Å². The molecule has 2 aromatic rings. The second-order valence-corrected chi connectivity index (χ2v) is 7.52. The van der Waals surface area contributed by atoms with E-state index in [9.17, 15) is 14.9 Å². The molecule has 0 spiro atoms. The highest BCUT2D eigenvalue weighted by Crippen LogP contribution is 2.35. The maximum absolute atomic E-state index is 12.3. The van der Waals surface area contributed by atoms with Crippen molar-refractivity contribution in [2.45, 2.75) is 18.9 Å². The number of anilines is 1. The number of nitriles is 1. The second-order valence-electron chi connectivity index (χ2n) is 7.52. The molecule has 1 fully saturated rings. The lowest BCUT2D eigenvalue weighted by Gasteiger charge is -2.40. The van der Waals surface area contributed by atoms with Crippen LogP contribution in [0.2, 0.25) is 0 Å². The molecule has 1 aliphatic heterocycles. The van der Waals surface area contributed by atoms with E-state index in [0.717, 1.165) is 29.7 Å². The molecule has 0 amide bonds. The highest BCUT2D eigenvalue weighted by molar-refractivity contribution is 5.51. The zero-order valence-electron chi connectivity index (χ0n) is 17.3. The van der Waals surface area contributed by atoms with E-state index in [2.05, 4.69) is 29.4 Å². The smallest absolute Gasteiger partial charge is 0.332 e. The van der Waals surface area contributed by atoms with E-state index in [1.165, 1.54) is 17.2 Å². The van der Waals surface area contributed by atoms with Gasteiger partial charge in [0.1, 0.15) is 17.6 Å². The highest BCUT2D eigenvalue weighted by atomic mass is 16.5. The molecule has 0 aliphatic carbocycles. The van der Waals surface area contributed by atoms with Gasteiger partial charge in [-0.15, -0.1) is 0 Å². The summed E-state index contributed by atoms with van der Waals surface area (Å²) in [6.07, 6.45) is 2.07. The van der Waals surface area contributed by atoms with Crippen molar-refractivity contribution in [1.82, 2.24) is 14.0 Å². The average molecular weight is 397 g/mol. The van der Waals surface area contributed by atoms with Crippen molar-refractivity contribution < 1.29 is 4.74 Å². The molecule has 1 N–H and O–H groups in total. The molecule has 8 nitrogen and oxygen atoms in total. The van der Waals surface area contributed by atoms with Crippen LogP contribution < -0.4 is 21.3 Å². The van der Waals surface area contributed by atoms with Gasteiger partial charge < -0.3 is 10.1 Å².